The van der Waals surface area contributed by atoms with Gasteiger partial charge >= 0.3 is 0 Å². The molecule has 0 radical (unpaired) electrons. The lowest BCUT2D eigenvalue weighted by Crippen LogP contribution is -2.49. The maximum atomic E-state index is 5.87. The molecule has 2 unspecified atom stereocenters. The highest BCUT2D eigenvalue weighted by molar-refractivity contribution is 5.39. The Morgan fingerprint density at radius 3 is 2.71 bits per heavy atom. The zero-order valence-corrected chi connectivity index (χ0v) is 13.5. The number of hydrogen-bond acceptors (Lipinski definition) is 4. The van der Waals surface area contributed by atoms with Gasteiger partial charge in [0.1, 0.15) is 6.61 Å². The summed E-state index contributed by atoms with van der Waals surface area (Å²) in [4.78, 5) is 2.51. The molecule has 1 heterocycles. The molecule has 0 aromatic heterocycles. The number of ether oxygens (including phenoxy) is 2. The van der Waals surface area contributed by atoms with Crippen LogP contribution in [0.1, 0.15) is 19.8 Å². The van der Waals surface area contributed by atoms with Crippen LogP contribution in [0.25, 0.3) is 0 Å². The van der Waals surface area contributed by atoms with Crippen molar-refractivity contribution in [3.63, 3.8) is 0 Å². The van der Waals surface area contributed by atoms with Crippen LogP contribution in [0, 0.1) is 5.92 Å². The molecular weight excluding hydrogens is 264 g/mol. The molecule has 0 spiro atoms. The largest absolute Gasteiger partial charge is 0.493 e. The minimum absolute atomic E-state index is 0.668. The zero-order valence-electron chi connectivity index (χ0n) is 13.5. The average Bonchev–Trinajstić information content (AvgIpc) is 2.55. The molecule has 1 N–H and O–H groups in total. The molecule has 118 valence electrons. The summed E-state index contributed by atoms with van der Waals surface area (Å²) < 4.78 is 11.2. The SMILES string of the molecule is CCC1CN(CCOc2ccccc2OC)CCC1NC. The van der Waals surface area contributed by atoms with E-state index in [9.17, 15) is 0 Å². The fourth-order valence-corrected chi connectivity index (χ4v) is 3.13. The Hall–Kier alpha value is -1.26. The number of hydrogen-bond donors (Lipinski definition) is 1. The summed E-state index contributed by atoms with van der Waals surface area (Å²) in [6.45, 7) is 6.28. The Morgan fingerprint density at radius 2 is 2.05 bits per heavy atom. The highest BCUT2D eigenvalue weighted by atomic mass is 16.5. The number of piperidine rings is 1. The van der Waals surface area contributed by atoms with Gasteiger partial charge in [-0.1, -0.05) is 25.5 Å². The molecule has 1 aromatic carbocycles. The molecule has 21 heavy (non-hydrogen) atoms. The molecule has 4 heteroatoms. The van der Waals surface area contributed by atoms with Crippen molar-refractivity contribution in [1.82, 2.24) is 10.2 Å². The number of nitrogens with zero attached hydrogens (tertiary/aromatic N) is 1. The molecule has 1 fully saturated rings. The molecule has 0 aliphatic carbocycles. The van der Waals surface area contributed by atoms with Crippen molar-refractivity contribution >= 4 is 0 Å². The summed E-state index contributed by atoms with van der Waals surface area (Å²) in [5, 5.41) is 3.45. The molecular formula is C17H28N2O2. The Bertz CT molecular complexity index is 425. The first-order valence-corrected chi connectivity index (χ1v) is 7.94. The Balaban J connectivity index is 1.78. The smallest absolute Gasteiger partial charge is 0.161 e. The second-order valence-electron chi connectivity index (χ2n) is 5.65. The van der Waals surface area contributed by atoms with Gasteiger partial charge in [0, 0.05) is 19.1 Å². The first-order valence-electron chi connectivity index (χ1n) is 7.94. The van der Waals surface area contributed by atoms with Gasteiger partial charge in [-0.15, -0.1) is 0 Å². The molecule has 1 aliphatic heterocycles. The number of nitrogens with one attached hydrogen (secondary N) is 1. The number of rotatable bonds is 7. The van der Waals surface area contributed by atoms with Crippen LogP contribution in [0.3, 0.4) is 0 Å². The zero-order chi connectivity index (χ0) is 15.1. The Kier molecular flexibility index (Phi) is 6.33. The monoisotopic (exact) mass is 292 g/mol. The molecule has 4 nitrogen and oxygen atoms in total. The van der Waals surface area contributed by atoms with E-state index >= 15 is 0 Å². The van der Waals surface area contributed by atoms with Crippen molar-refractivity contribution in [2.24, 2.45) is 5.92 Å². The van der Waals surface area contributed by atoms with Gasteiger partial charge < -0.3 is 14.8 Å². The van der Waals surface area contributed by atoms with Crippen LogP contribution in [0.5, 0.6) is 11.5 Å². The second kappa shape index (κ2) is 8.25. The Morgan fingerprint density at radius 1 is 1.29 bits per heavy atom. The number of likely N-dealkylation sites (tertiary alicyclic amines) is 1. The van der Waals surface area contributed by atoms with Crippen molar-refractivity contribution in [3.05, 3.63) is 24.3 Å². The predicted octanol–water partition coefficient (Wildman–Crippen LogP) is 2.39. The first kappa shape index (κ1) is 16.1. The van der Waals surface area contributed by atoms with Crippen molar-refractivity contribution in [2.45, 2.75) is 25.8 Å². The van der Waals surface area contributed by atoms with E-state index in [0.717, 1.165) is 37.1 Å². The van der Waals surface area contributed by atoms with Crippen LogP contribution >= 0.6 is 0 Å². The third kappa shape index (κ3) is 4.35. The van der Waals surface area contributed by atoms with Gasteiger partial charge in [0.2, 0.25) is 0 Å². The number of benzene rings is 1. The topological polar surface area (TPSA) is 33.7 Å². The minimum atomic E-state index is 0.668. The minimum Gasteiger partial charge on any atom is -0.493 e. The molecule has 0 bridgehead atoms. The molecule has 0 saturated carbocycles. The maximum Gasteiger partial charge on any atom is 0.161 e. The standard InChI is InChI=1S/C17H28N2O2/c1-4-14-13-19(10-9-15(14)18-2)11-12-21-17-8-6-5-7-16(17)20-3/h5-8,14-15,18H,4,9-13H2,1-3H3. The highest BCUT2D eigenvalue weighted by Crippen LogP contribution is 2.26. The van der Waals surface area contributed by atoms with Gasteiger partial charge in [-0.2, -0.15) is 0 Å². The van der Waals surface area contributed by atoms with Crippen LogP contribution < -0.4 is 14.8 Å². The van der Waals surface area contributed by atoms with Gasteiger partial charge in [0.15, 0.2) is 11.5 Å². The van der Waals surface area contributed by atoms with Gasteiger partial charge in [0.25, 0.3) is 0 Å². The van der Waals surface area contributed by atoms with E-state index < -0.39 is 0 Å². The summed E-state index contributed by atoms with van der Waals surface area (Å²) >= 11 is 0. The van der Waals surface area contributed by atoms with Gasteiger partial charge in [-0.3, -0.25) is 4.90 Å². The van der Waals surface area contributed by atoms with E-state index in [1.54, 1.807) is 7.11 Å². The van der Waals surface area contributed by atoms with E-state index in [2.05, 4.69) is 24.2 Å². The number of methoxy groups -OCH3 is 1. The van der Waals surface area contributed by atoms with Crippen molar-refractivity contribution in [3.8, 4) is 11.5 Å². The van der Waals surface area contributed by atoms with Crippen LogP contribution in [-0.2, 0) is 0 Å². The first-order chi connectivity index (χ1) is 10.3. The third-order valence-corrected chi connectivity index (χ3v) is 4.45. The number of para-hydroxylation sites is 2. The maximum absolute atomic E-state index is 5.87. The van der Waals surface area contributed by atoms with Crippen molar-refractivity contribution in [1.29, 1.82) is 0 Å². The van der Waals surface area contributed by atoms with Crippen LogP contribution in [0.15, 0.2) is 24.3 Å². The van der Waals surface area contributed by atoms with E-state index in [1.165, 1.54) is 12.8 Å². The summed E-state index contributed by atoms with van der Waals surface area (Å²) in [7, 11) is 3.75. The van der Waals surface area contributed by atoms with E-state index in [1.807, 2.05) is 24.3 Å². The van der Waals surface area contributed by atoms with E-state index in [0.29, 0.717) is 12.6 Å². The summed E-state index contributed by atoms with van der Waals surface area (Å²) in [5.41, 5.74) is 0. The lowest BCUT2D eigenvalue weighted by atomic mass is 9.90. The van der Waals surface area contributed by atoms with E-state index in [-0.39, 0.29) is 0 Å². The fourth-order valence-electron chi connectivity index (χ4n) is 3.13. The Labute approximate surface area is 128 Å². The second-order valence-corrected chi connectivity index (χ2v) is 5.65. The summed E-state index contributed by atoms with van der Waals surface area (Å²) in [6, 6.07) is 8.49. The van der Waals surface area contributed by atoms with Crippen molar-refractivity contribution in [2.75, 3.05) is 40.4 Å². The molecule has 1 aliphatic rings. The van der Waals surface area contributed by atoms with Crippen LogP contribution in [0.2, 0.25) is 0 Å². The summed E-state index contributed by atoms with van der Waals surface area (Å²) in [5.74, 6) is 2.38. The van der Waals surface area contributed by atoms with Gasteiger partial charge in [0.05, 0.1) is 7.11 Å². The molecule has 1 saturated heterocycles. The quantitative estimate of drug-likeness (QED) is 0.837. The van der Waals surface area contributed by atoms with Crippen molar-refractivity contribution < 1.29 is 9.47 Å². The molecule has 0 amide bonds. The van der Waals surface area contributed by atoms with E-state index in [4.69, 9.17) is 9.47 Å². The normalized spacial score (nSPS) is 23.0. The summed E-state index contributed by atoms with van der Waals surface area (Å²) in [6.07, 6.45) is 2.46. The molecule has 2 rings (SSSR count). The predicted molar refractivity (Wildman–Crippen MR) is 86.2 cm³/mol. The molecule has 1 aromatic rings. The van der Waals surface area contributed by atoms with Crippen LogP contribution in [0.4, 0.5) is 0 Å². The lowest BCUT2D eigenvalue weighted by Gasteiger charge is -2.38. The highest BCUT2D eigenvalue weighted by Gasteiger charge is 2.26. The average molecular weight is 292 g/mol. The lowest BCUT2D eigenvalue weighted by molar-refractivity contribution is 0.119. The molecule has 2 atom stereocenters. The van der Waals surface area contributed by atoms with Gasteiger partial charge in [-0.05, 0) is 38.1 Å². The fraction of sp³-hybridized carbons (Fsp3) is 0.647. The van der Waals surface area contributed by atoms with Crippen LogP contribution in [-0.4, -0.2) is 51.3 Å². The third-order valence-electron chi connectivity index (χ3n) is 4.45. The van der Waals surface area contributed by atoms with Gasteiger partial charge in [-0.25, -0.2) is 0 Å².